The van der Waals surface area contributed by atoms with E-state index >= 15 is 0 Å². The van der Waals surface area contributed by atoms with Gasteiger partial charge in [0.25, 0.3) is 0 Å². The molecule has 18 heavy (non-hydrogen) atoms. The van der Waals surface area contributed by atoms with Gasteiger partial charge < -0.3 is 15.2 Å². The highest BCUT2D eigenvalue weighted by Gasteiger charge is 2.29. The summed E-state index contributed by atoms with van der Waals surface area (Å²) in [6.07, 6.45) is 2.12. The number of alkyl carbamates (subject to hydrolysis) is 1. The van der Waals surface area contributed by atoms with E-state index in [2.05, 4.69) is 5.32 Å². The van der Waals surface area contributed by atoms with Gasteiger partial charge in [-0.05, 0) is 30.7 Å². The Kier molecular flexibility index (Phi) is 4.59. The van der Waals surface area contributed by atoms with Crippen molar-refractivity contribution in [2.45, 2.75) is 32.0 Å². The van der Waals surface area contributed by atoms with Crippen LogP contribution >= 0.6 is 0 Å². The molecule has 1 atom stereocenters. The molecule has 4 heteroatoms. The van der Waals surface area contributed by atoms with Crippen LogP contribution in [-0.2, 0) is 11.3 Å². The average Bonchev–Trinajstić information content (AvgIpc) is 3.22. The fourth-order valence-electron chi connectivity index (χ4n) is 1.81. The molecule has 1 aliphatic carbocycles. The highest BCUT2D eigenvalue weighted by molar-refractivity contribution is 5.67. The van der Waals surface area contributed by atoms with Gasteiger partial charge in [0, 0.05) is 6.54 Å². The fraction of sp³-hybridized carbons (Fsp3) is 0.500. The van der Waals surface area contributed by atoms with E-state index in [1.54, 1.807) is 0 Å². The molecule has 4 nitrogen and oxygen atoms in total. The average molecular weight is 249 g/mol. The van der Waals surface area contributed by atoms with E-state index in [4.69, 9.17) is 4.74 Å². The lowest BCUT2D eigenvalue weighted by atomic mass is 10.2. The van der Waals surface area contributed by atoms with Gasteiger partial charge >= 0.3 is 6.09 Å². The van der Waals surface area contributed by atoms with Gasteiger partial charge in [0.1, 0.15) is 6.61 Å². The second-order valence-corrected chi connectivity index (χ2v) is 4.68. The highest BCUT2D eigenvalue weighted by atomic mass is 16.5. The Labute approximate surface area is 107 Å². The van der Waals surface area contributed by atoms with Gasteiger partial charge in [-0.3, -0.25) is 0 Å². The first-order chi connectivity index (χ1) is 8.75. The fourth-order valence-corrected chi connectivity index (χ4v) is 1.81. The lowest BCUT2D eigenvalue weighted by Gasteiger charge is -2.10. The number of hydrogen-bond donors (Lipinski definition) is 2. The molecular formula is C14H19NO3. The van der Waals surface area contributed by atoms with Gasteiger partial charge in [0.05, 0.1) is 6.10 Å². The van der Waals surface area contributed by atoms with Gasteiger partial charge in [-0.15, -0.1) is 0 Å². The van der Waals surface area contributed by atoms with Crippen LogP contribution in [0, 0.1) is 5.92 Å². The van der Waals surface area contributed by atoms with Crippen molar-refractivity contribution >= 4 is 6.09 Å². The Balaban J connectivity index is 1.57. The zero-order valence-corrected chi connectivity index (χ0v) is 10.3. The summed E-state index contributed by atoms with van der Waals surface area (Å²) in [4.78, 5) is 11.4. The molecule has 0 heterocycles. The first-order valence-electron chi connectivity index (χ1n) is 6.38. The van der Waals surface area contributed by atoms with Crippen molar-refractivity contribution in [3.8, 4) is 0 Å². The number of rotatable bonds is 6. The van der Waals surface area contributed by atoms with E-state index in [0.29, 0.717) is 18.9 Å². The SMILES string of the molecule is O=C(NCCC(O)C1CC1)OCc1ccccc1. The highest BCUT2D eigenvalue weighted by Crippen LogP contribution is 2.33. The van der Waals surface area contributed by atoms with Crippen LogP contribution in [0.15, 0.2) is 30.3 Å². The molecule has 1 saturated carbocycles. The summed E-state index contributed by atoms with van der Waals surface area (Å²) in [5, 5.41) is 12.3. The number of aliphatic hydroxyl groups is 1. The molecular weight excluding hydrogens is 230 g/mol. The zero-order chi connectivity index (χ0) is 12.8. The molecule has 0 aromatic heterocycles. The second-order valence-electron chi connectivity index (χ2n) is 4.68. The molecule has 0 spiro atoms. The lowest BCUT2D eigenvalue weighted by molar-refractivity contribution is 0.127. The Morgan fingerprint density at radius 3 is 2.78 bits per heavy atom. The number of carbonyl (C=O) groups excluding carboxylic acids is 1. The summed E-state index contributed by atoms with van der Waals surface area (Å²) in [6, 6.07) is 9.54. The Hall–Kier alpha value is -1.55. The number of aliphatic hydroxyl groups excluding tert-OH is 1. The van der Waals surface area contributed by atoms with E-state index < -0.39 is 6.09 Å². The maximum atomic E-state index is 11.4. The van der Waals surface area contributed by atoms with Crippen LogP contribution in [0.2, 0.25) is 0 Å². The Morgan fingerprint density at radius 2 is 2.11 bits per heavy atom. The molecule has 1 aromatic carbocycles. The predicted octanol–water partition coefficient (Wildman–Crippen LogP) is 2.07. The standard InChI is InChI=1S/C14H19NO3/c16-13(12-6-7-12)8-9-15-14(17)18-10-11-4-2-1-3-5-11/h1-5,12-13,16H,6-10H2,(H,15,17). The molecule has 1 unspecified atom stereocenters. The Morgan fingerprint density at radius 1 is 1.39 bits per heavy atom. The van der Waals surface area contributed by atoms with Crippen molar-refractivity contribution < 1.29 is 14.6 Å². The van der Waals surface area contributed by atoms with Crippen molar-refractivity contribution in [3.05, 3.63) is 35.9 Å². The summed E-state index contributed by atoms with van der Waals surface area (Å²) >= 11 is 0. The van der Waals surface area contributed by atoms with Crippen LogP contribution in [-0.4, -0.2) is 23.8 Å². The first-order valence-corrected chi connectivity index (χ1v) is 6.38. The number of benzene rings is 1. The molecule has 2 rings (SSSR count). The topological polar surface area (TPSA) is 58.6 Å². The normalized spacial score (nSPS) is 16.1. The van der Waals surface area contributed by atoms with Crippen molar-refractivity contribution in [1.82, 2.24) is 5.32 Å². The molecule has 2 N–H and O–H groups in total. The van der Waals surface area contributed by atoms with Crippen molar-refractivity contribution in [2.24, 2.45) is 5.92 Å². The third kappa shape index (κ3) is 4.37. The molecule has 0 aliphatic heterocycles. The van der Waals surface area contributed by atoms with Crippen LogP contribution in [0.1, 0.15) is 24.8 Å². The maximum absolute atomic E-state index is 11.4. The quantitative estimate of drug-likeness (QED) is 0.811. The number of carbonyl (C=O) groups is 1. The van der Waals surface area contributed by atoms with E-state index in [1.165, 1.54) is 0 Å². The summed E-state index contributed by atoms with van der Waals surface area (Å²) in [7, 11) is 0. The molecule has 98 valence electrons. The number of hydrogen-bond acceptors (Lipinski definition) is 3. The van der Waals surface area contributed by atoms with E-state index in [9.17, 15) is 9.90 Å². The minimum Gasteiger partial charge on any atom is -0.445 e. The third-order valence-electron chi connectivity index (χ3n) is 3.09. The lowest BCUT2D eigenvalue weighted by Crippen LogP contribution is -2.28. The molecule has 0 bridgehead atoms. The first kappa shape index (κ1) is 12.9. The number of ether oxygens (including phenoxy) is 1. The van der Waals surface area contributed by atoms with Gasteiger partial charge in [-0.1, -0.05) is 30.3 Å². The smallest absolute Gasteiger partial charge is 0.407 e. The second kappa shape index (κ2) is 6.40. The molecule has 1 fully saturated rings. The third-order valence-corrected chi connectivity index (χ3v) is 3.09. The van der Waals surface area contributed by atoms with Crippen LogP contribution in [0.5, 0.6) is 0 Å². The Bertz CT molecular complexity index is 376. The molecule has 1 amide bonds. The summed E-state index contributed by atoms with van der Waals surface area (Å²) in [5.74, 6) is 0.451. The number of nitrogens with one attached hydrogen (secondary N) is 1. The van der Waals surface area contributed by atoms with Gasteiger partial charge in [0.2, 0.25) is 0 Å². The summed E-state index contributed by atoms with van der Waals surface area (Å²) < 4.78 is 5.05. The van der Waals surface area contributed by atoms with E-state index in [0.717, 1.165) is 18.4 Å². The maximum Gasteiger partial charge on any atom is 0.407 e. The zero-order valence-electron chi connectivity index (χ0n) is 10.3. The van der Waals surface area contributed by atoms with E-state index in [1.807, 2.05) is 30.3 Å². The van der Waals surface area contributed by atoms with Gasteiger partial charge in [-0.2, -0.15) is 0 Å². The minimum atomic E-state index is -0.429. The molecule has 1 aromatic rings. The van der Waals surface area contributed by atoms with Gasteiger partial charge in [0.15, 0.2) is 0 Å². The summed E-state index contributed by atoms with van der Waals surface area (Å²) in [6.45, 7) is 0.739. The van der Waals surface area contributed by atoms with Crippen LogP contribution < -0.4 is 5.32 Å². The van der Waals surface area contributed by atoms with Crippen molar-refractivity contribution in [2.75, 3.05) is 6.54 Å². The van der Waals surface area contributed by atoms with Crippen molar-refractivity contribution in [3.63, 3.8) is 0 Å². The van der Waals surface area contributed by atoms with Crippen LogP contribution in [0.25, 0.3) is 0 Å². The summed E-state index contributed by atoms with van der Waals surface area (Å²) in [5.41, 5.74) is 0.964. The van der Waals surface area contributed by atoms with Crippen molar-refractivity contribution in [1.29, 1.82) is 0 Å². The molecule has 0 saturated heterocycles. The molecule has 0 radical (unpaired) electrons. The number of amides is 1. The molecule has 1 aliphatic rings. The van der Waals surface area contributed by atoms with E-state index in [-0.39, 0.29) is 12.7 Å². The predicted molar refractivity (Wildman–Crippen MR) is 68.0 cm³/mol. The van der Waals surface area contributed by atoms with Crippen LogP contribution in [0.4, 0.5) is 4.79 Å². The minimum absolute atomic E-state index is 0.276. The largest absolute Gasteiger partial charge is 0.445 e. The monoisotopic (exact) mass is 249 g/mol. The van der Waals surface area contributed by atoms with Crippen LogP contribution in [0.3, 0.4) is 0 Å². The van der Waals surface area contributed by atoms with Gasteiger partial charge in [-0.25, -0.2) is 4.79 Å².